The number of rotatable bonds is 23. The maximum absolute atomic E-state index is 13.3. The molecule has 0 aromatic heterocycles. The molecule has 0 saturated heterocycles. The van der Waals surface area contributed by atoms with Crippen molar-refractivity contribution in [2.45, 2.75) is 119 Å². The van der Waals surface area contributed by atoms with Crippen LogP contribution in [0.5, 0.6) is 0 Å². The van der Waals surface area contributed by atoms with E-state index in [4.69, 9.17) is 0 Å². The number of fused-ring (bicyclic) bond motifs is 2. The van der Waals surface area contributed by atoms with Gasteiger partial charge in [0.25, 0.3) is 0 Å². The SMILES string of the molecule is C=C(NCCCCCCCCCCCCCCCCCC)c1cc(-c2ccc(C#N)cc2)c2c3c(c(-c4ccc(C#N)cc4)cc(C=O)c13)Sc1ccc(-c3ccc(C#N)cc3)cc1-2. The summed E-state index contributed by atoms with van der Waals surface area (Å²) in [7, 11) is 0. The number of nitrogens with one attached hydrogen (secondary N) is 1. The summed E-state index contributed by atoms with van der Waals surface area (Å²) in [5.74, 6) is 0. The molecule has 322 valence electrons. The van der Waals surface area contributed by atoms with Crippen molar-refractivity contribution >= 4 is 34.5 Å². The molecule has 6 aromatic carbocycles. The summed E-state index contributed by atoms with van der Waals surface area (Å²) >= 11 is 1.69. The summed E-state index contributed by atoms with van der Waals surface area (Å²) < 4.78 is 0. The first-order chi connectivity index (χ1) is 31.5. The van der Waals surface area contributed by atoms with Gasteiger partial charge in [0.05, 0.1) is 34.9 Å². The molecule has 1 aliphatic rings. The lowest BCUT2D eigenvalue weighted by Gasteiger charge is -2.29. The van der Waals surface area contributed by atoms with E-state index in [0.29, 0.717) is 22.3 Å². The summed E-state index contributed by atoms with van der Waals surface area (Å²) in [5.41, 5.74) is 11.8. The van der Waals surface area contributed by atoms with Gasteiger partial charge in [0.15, 0.2) is 6.29 Å². The lowest BCUT2D eigenvalue weighted by molar-refractivity contribution is 0.112. The lowest BCUT2D eigenvalue weighted by Crippen LogP contribution is -2.14. The van der Waals surface area contributed by atoms with E-state index in [1.54, 1.807) is 11.8 Å². The third-order valence-electron chi connectivity index (χ3n) is 12.7. The van der Waals surface area contributed by atoms with Crippen molar-refractivity contribution in [2.75, 3.05) is 6.54 Å². The topological polar surface area (TPSA) is 100 Å². The van der Waals surface area contributed by atoms with Crippen molar-refractivity contribution in [3.63, 3.8) is 0 Å². The highest BCUT2D eigenvalue weighted by molar-refractivity contribution is 8.00. The number of hydrogen-bond donors (Lipinski definition) is 1. The summed E-state index contributed by atoms with van der Waals surface area (Å²) in [5, 5.41) is 34.3. The van der Waals surface area contributed by atoms with E-state index in [9.17, 15) is 20.6 Å². The van der Waals surface area contributed by atoms with E-state index >= 15 is 0 Å². The van der Waals surface area contributed by atoms with Crippen LogP contribution in [0, 0.1) is 34.0 Å². The third-order valence-corrected chi connectivity index (χ3v) is 13.9. The second-order valence-electron chi connectivity index (χ2n) is 17.1. The largest absolute Gasteiger partial charge is 0.385 e. The first kappa shape index (κ1) is 45.6. The molecule has 0 bridgehead atoms. The predicted octanol–water partition coefficient (Wildman–Crippen LogP) is 16.2. The van der Waals surface area contributed by atoms with Crippen LogP contribution in [0.2, 0.25) is 0 Å². The highest BCUT2D eigenvalue weighted by atomic mass is 32.2. The maximum atomic E-state index is 13.3. The number of nitriles is 3. The van der Waals surface area contributed by atoms with Gasteiger partial charge in [-0.2, -0.15) is 15.8 Å². The van der Waals surface area contributed by atoms with Crippen molar-refractivity contribution in [3.8, 4) is 62.7 Å². The van der Waals surface area contributed by atoms with Gasteiger partial charge in [-0.15, -0.1) is 0 Å². The van der Waals surface area contributed by atoms with E-state index in [1.165, 1.54) is 89.9 Å². The molecule has 0 aliphatic carbocycles. The Morgan fingerprint density at radius 2 is 1.02 bits per heavy atom. The molecule has 0 saturated carbocycles. The molecule has 0 radical (unpaired) electrons. The molecule has 1 heterocycles. The average Bonchev–Trinajstić information content (AvgIpc) is 3.34. The Bertz CT molecular complexity index is 2710. The summed E-state index contributed by atoms with van der Waals surface area (Å²) in [6, 6.07) is 40.3. The molecule has 6 aromatic rings. The molecule has 64 heavy (non-hydrogen) atoms. The molecule has 7 rings (SSSR count). The molecule has 1 N–H and O–H groups in total. The molecule has 0 atom stereocenters. The van der Waals surface area contributed by atoms with E-state index in [-0.39, 0.29) is 0 Å². The normalized spacial score (nSPS) is 11.3. The number of benzene rings is 6. The second kappa shape index (κ2) is 22.8. The van der Waals surface area contributed by atoms with Gasteiger partial charge in [-0.25, -0.2) is 0 Å². The van der Waals surface area contributed by atoms with Crippen molar-refractivity contribution in [1.29, 1.82) is 15.8 Å². The molecule has 0 amide bonds. The van der Waals surface area contributed by atoms with Crippen molar-refractivity contribution in [1.82, 2.24) is 5.32 Å². The van der Waals surface area contributed by atoms with Crippen LogP contribution in [0.1, 0.15) is 142 Å². The Balaban J connectivity index is 1.18. The third kappa shape index (κ3) is 10.9. The Labute approximate surface area is 384 Å². The van der Waals surface area contributed by atoms with Crippen LogP contribution < -0.4 is 5.32 Å². The van der Waals surface area contributed by atoms with Gasteiger partial charge in [0, 0.05) is 43.9 Å². The zero-order valence-corrected chi connectivity index (χ0v) is 38.1. The van der Waals surface area contributed by atoms with E-state index in [2.05, 4.69) is 61.3 Å². The highest BCUT2D eigenvalue weighted by Gasteiger charge is 2.30. The number of aldehydes is 1. The van der Waals surface area contributed by atoms with Crippen LogP contribution in [0.15, 0.2) is 119 Å². The van der Waals surface area contributed by atoms with Crippen LogP contribution in [0.3, 0.4) is 0 Å². The fourth-order valence-electron chi connectivity index (χ4n) is 9.09. The zero-order valence-electron chi connectivity index (χ0n) is 37.3. The van der Waals surface area contributed by atoms with Crippen LogP contribution in [0.4, 0.5) is 0 Å². The Hall–Kier alpha value is -6.39. The minimum Gasteiger partial charge on any atom is -0.385 e. The smallest absolute Gasteiger partial charge is 0.150 e. The van der Waals surface area contributed by atoms with Gasteiger partial charge in [-0.3, -0.25) is 4.79 Å². The molecule has 5 nitrogen and oxygen atoms in total. The molecule has 6 heteroatoms. The monoisotopic (exact) mass is 858 g/mol. The maximum Gasteiger partial charge on any atom is 0.150 e. The lowest BCUT2D eigenvalue weighted by atomic mass is 9.82. The Morgan fingerprint density at radius 3 is 1.52 bits per heavy atom. The Kier molecular flexibility index (Phi) is 16.3. The number of hydrogen-bond acceptors (Lipinski definition) is 6. The molecule has 0 spiro atoms. The minimum atomic E-state index is 0.568. The molecule has 0 unspecified atom stereocenters. The fourth-order valence-corrected chi connectivity index (χ4v) is 10.3. The molecule has 0 fully saturated rings. The number of carbonyl (C=O) groups is 1. The van der Waals surface area contributed by atoms with E-state index in [0.717, 1.165) is 102 Å². The van der Waals surface area contributed by atoms with Gasteiger partial charge in [0.1, 0.15) is 0 Å². The first-order valence-electron chi connectivity index (χ1n) is 23.4. The summed E-state index contributed by atoms with van der Waals surface area (Å²) in [4.78, 5) is 15.4. The highest BCUT2D eigenvalue weighted by Crippen LogP contribution is 2.56. The van der Waals surface area contributed by atoms with E-state index < -0.39 is 0 Å². The van der Waals surface area contributed by atoms with E-state index in [1.807, 2.05) is 78.9 Å². The zero-order chi connectivity index (χ0) is 44.7. The van der Waals surface area contributed by atoms with Crippen LogP contribution in [0.25, 0.3) is 61.0 Å². The van der Waals surface area contributed by atoms with Crippen molar-refractivity contribution < 1.29 is 4.79 Å². The summed E-state index contributed by atoms with van der Waals surface area (Å²) in [6.07, 6.45) is 22.1. The van der Waals surface area contributed by atoms with Gasteiger partial charge in [-0.1, -0.05) is 164 Å². The van der Waals surface area contributed by atoms with Crippen LogP contribution in [-0.4, -0.2) is 12.8 Å². The standard InChI is InChI=1S/C58H58N4OS/c1-3-4-5-6-7-8-9-10-11-12-13-14-15-16-17-18-33-62-41(2)50-36-51(46-27-21-43(38-60)22-28-46)56-53-34-48(45-25-19-42(37-59)20-26-45)31-32-54(53)64-58-52(35-49(40-63)55(50)57(56)58)47-29-23-44(39-61)24-30-47/h19-32,34-36,40,62H,2-18,33H2,1H3. The Morgan fingerprint density at radius 1 is 0.547 bits per heavy atom. The summed E-state index contributed by atoms with van der Waals surface area (Å²) in [6.45, 7) is 7.67. The van der Waals surface area contributed by atoms with Gasteiger partial charge < -0.3 is 5.32 Å². The number of carbonyl (C=O) groups excluding carboxylic acids is 1. The first-order valence-corrected chi connectivity index (χ1v) is 24.2. The van der Waals surface area contributed by atoms with Crippen molar-refractivity contribution in [3.05, 3.63) is 138 Å². The fraction of sp³-hybridized carbons (Fsp3) is 0.310. The van der Waals surface area contributed by atoms with Gasteiger partial charge >= 0.3 is 0 Å². The number of nitrogens with zero attached hydrogens (tertiary/aromatic N) is 3. The molecular formula is C58H58N4OS. The predicted molar refractivity (Wildman–Crippen MR) is 266 cm³/mol. The van der Waals surface area contributed by atoms with Gasteiger partial charge in [-0.05, 0) is 112 Å². The minimum absolute atomic E-state index is 0.568. The quantitative estimate of drug-likeness (QED) is 0.0508. The van der Waals surface area contributed by atoms with Crippen molar-refractivity contribution in [2.24, 2.45) is 0 Å². The second-order valence-corrected chi connectivity index (χ2v) is 18.2. The van der Waals surface area contributed by atoms with Gasteiger partial charge in [0.2, 0.25) is 0 Å². The molecular weight excluding hydrogens is 801 g/mol. The van der Waals surface area contributed by atoms with Crippen LogP contribution in [-0.2, 0) is 0 Å². The average molecular weight is 859 g/mol. The molecule has 1 aliphatic heterocycles. The number of unbranched alkanes of at least 4 members (excludes halogenated alkanes) is 15. The van der Waals surface area contributed by atoms with Crippen LogP contribution >= 0.6 is 11.8 Å².